The number of carbonyl (C=O) groups excluding carboxylic acids is 2. The lowest BCUT2D eigenvalue weighted by Gasteiger charge is -2.30. The highest BCUT2D eigenvalue weighted by atomic mass is 16.5. The lowest BCUT2D eigenvalue weighted by molar-refractivity contribution is -0.136. The first-order valence-corrected chi connectivity index (χ1v) is 9.59. The fourth-order valence-corrected chi connectivity index (χ4v) is 3.48. The zero-order chi connectivity index (χ0) is 19.9. The second-order valence-corrected chi connectivity index (χ2v) is 7.02. The van der Waals surface area contributed by atoms with E-state index in [4.69, 9.17) is 10.5 Å². The molecule has 148 valence electrons. The maximum atomic E-state index is 13.0. The van der Waals surface area contributed by atoms with Crippen LogP contribution < -0.4 is 10.6 Å². The lowest BCUT2D eigenvalue weighted by atomic mass is 10.0. The molecule has 1 atom stereocenters. The number of hydrogen-bond acceptors (Lipinski definition) is 4. The molecule has 6 nitrogen and oxygen atoms in total. The Kier molecular flexibility index (Phi) is 6.66. The minimum atomic E-state index is -0.516. The van der Waals surface area contributed by atoms with Crippen LogP contribution >= 0.6 is 0 Å². The number of benzene rings is 2. The van der Waals surface area contributed by atoms with E-state index >= 15 is 0 Å². The van der Waals surface area contributed by atoms with E-state index in [9.17, 15) is 9.59 Å². The van der Waals surface area contributed by atoms with Gasteiger partial charge in [-0.1, -0.05) is 42.5 Å². The molecule has 1 aliphatic rings. The summed E-state index contributed by atoms with van der Waals surface area (Å²) < 4.78 is 5.41. The molecule has 1 fully saturated rings. The van der Waals surface area contributed by atoms with Gasteiger partial charge >= 0.3 is 0 Å². The highest BCUT2D eigenvalue weighted by Gasteiger charge is 2.23. The molecular formula is C22H27N3O3. The Bertz CT molecular complexity index is 804. The summed E-state index contributed by atoms with van der Waals surface area (Å²) in [5.74, 6) is -0.632. The molecule has 2 amide bonds. The van der Waals surface area contributed by atoms with Crippen LogP contribution in [-0.2, 0) is 20.7 Å². The summed E-state index contributed by atoms with van der Waals surface area (Å²) >= 11 is 0. The summed E-state index contributed by atoms with van der Waals surface area (Å²) in [6.45, 7) is 4.93. The molecule has 2 N–H and O–H groups in total. The Morgan fingerprint density at radius 3 is 2.50 bits per heavy atom. The van der Waals surface area contributed by atoms with Gasteiger partial charge < -0.3 is 20.3 Å². The van der Waals surface area contributed by atoms with Crippen molar-refractivity contribution in [2.45, 2.75) is 19.4 Å². The van der Waals surface area contributed by atoms with Crippen LogP contribution in [0.2, 0.25) is 0 Å². The third kappa shape index (κ3) is 5.10. The summed E-state index contributed by atoms with van der Waals surface area (Å²) in [7, 11) is 0. The number of ether oxygens (including phenoxy) is 1. The molecule has 1 aliphatic heterocycles. The van der Waals surface area contributed by atoms with Gasteiger partial charge in [-0.2, -0.15) is 0 Å². The number of morpholine rings is 1. The van der Waals surface area contributed by atoms with E-state index < -0.39 is 5.91 Å². The largest absolute Gasteiger partial charge is 0.378 e. The van der Waals surface area contributed by atoms with Gasteiger partial charge in [0.05, 0.1) is 32.2 Å². The van der Waals surface area contributed by atoms with Crippen LogP contribution in [0.15, 0.2) is 54.6 Å². The summed E-state index contributed by atoms with van der Waals surface area (Å²) in [6, 6.07) is 17.4. The number of carbonyl (C=O) groups is 2. The lowest BCUT2D eigenvalue weighted by Crippen LogP contribution is -2.41. The van der Waals surface area contributed by atoms with E-state index in [1.54, 1.807) is 4.90 Å². The molecule has 0 saturated carbocycles. The molecule has 0 aliphatic carbocycles. The molecule has 0 unspecified atom stereocenters. The molecule has 28 heavy (non-hydrogen) atoms. The van der Waals surface area contributed by atoms with E-state index in [0.29, 0.717) is 13.2 Å². The first kappa shape index (κ1) is 19.9. The van der Waals surface area contributed by atoms with Gasteiger partial charge in [0, 0.05) is 18.8 Å². The summed E-state index contributed by atoms with van der Waals surface area (Å²) in [6.07, 6.45) is 0.225. The molecule has 0 aromatic heterocycles. The number of anilines is 1. The van der Waals surface area contributed by atoms with E-state index in [2.05, 4.69) is 4.90 Å². The number of nitrogens with two attached hydrogens (primary N) is 1. The molecule has 0 spiro atoms. The first-order valence-electron chi connectivity index (χ1n) is 9.59. The summed E-state index contributed by atoms with van der Waals surface area (Å²) in [4.78, 5) is 28.4. The predicted octanol–water partition coefficient (Wildman–Crippen LogP) is 2.14. The predicted molar refractivity (Wildman–Crippen MR) is 109 cm³/mol. The molecule has 1 saturated heterocycles. The minimum absolute atomic E-state index is 0.0992. The van der Waals surface area contributed by atoms with Gasteiger partial charge in [0.15, 0.2) is 0 Å². The van der Waals surface area contributed by atoms with Crippen molar-refractivity contribution in [1.29, 1.82) is 0 Å². The number of amides is 2. The highest BCUT2D eigenvalue weighted by Crippen LogP contribution is 2.22. The second-order valence-electron chi connectivity index (χ2n) is 7.02. The number of nitrogens with zero attached hydrogens (tertiary/aromatic N) is 2. The van der Waals surface area contributed by atoms with Gasteiger partial charge in [-0.25, -0.2) is 0 Å². The van der Waals surface area contributed by atoms with Crippen LogP contribution in [0.4, 0.5) is 5.69 Å². The van der Waals surface area contributed by atoms with Gasteiger partial charge in [-0.05, 0) is 30.2 Å². The maximum Gasteiger partial charge on any atom is 0.237 e. The minimum Gasteiger partial charge on any atom is -0.378 e. The second kappa shape index (κ2) is 9.37. The van der Waals surface area contributed by atoms with Crippen molar-refractivity contribution in [3.8, 4) is 0 Å². The van der Waals surface area contributed by atoms with Crippen molar-refractivity contribution in [2.75, 3.05) is 37.7 Å². The zero-order valence-corrected chi connectivity index (χ0v) is 16.2. The SMILES string of the molecule is C[C@H](c1ccccc1)N(CC(N)=O)C(=O)Cc1cccc(N2CCOCC2)c1. The molecule has 2 aromatic carbocycles. The third-order valence-corrected chi connectivity index (χ3v) is 5.04. The highest BCUT2D eigenvalue weighted by molar-refractivity contribution is 5.85. The van der Waals surface area contributed by atoms with Crippen LogP contribution in [0.1, 0.15) is 24.1 Å². The Morgan fingerprint density at radius 2 is 1.82 bits per heavy atom. The van der Waals surface area contributed by atoms with Gasteiger partial charge in [0.1, 0.15) is 0 Å². The fourth-order valence-electron chi connectivity index (χ4n) is 3.48. The van der Waals surface area contributed by atoms with Crippen LogP contribution in [-0.4, -0.2) is 49.6 Å². The van der Waals surface area contributed by atoms with Crippen LogP contribution in [0.5, 0.6) is 0 Å². The smallest absolute Gasteiger partial charge is 0.237 e. The number of rotatable bonds is 7. The average Bonchev–Trinajstić information content (AvgIpc) is 2.73. The number of hydrogen-bond donors (Lipinski definition) is 1. The van der Waals surface area contributed by atoms with Crippen molar-refractivity contribution in [2.24, 2.45) is 5.73 Å². The molecule has 0 bridgehead atoms. The number of primary amides is 1. The summed E-state index contributed by atoms with van der Waals surface area (Å²) in [5.41, 5.74) is 8.39. The third-order valence-electron chi connectivity index (χ3n) is 5.04. The van der Waals surface area contributed by atoms with Gasteiger partial charge in [-0.15, -0.1) is 0 Å². The van der Waals surface area contributed by atoms with Gasteiger partial charge in [0.25, 0.3) is 0 Å². The quantitative estimate of drug-likeness (QED) is 0.797. The van der Waals surface area contributed by atoms with E-state index in [0.717, 1.165) is 29.9 Å². The van der Waals surface area contributed by atoms with Crippen molar-refractivity contribution < 1.29 is 14.3 Å². The van der Waals surface area contributed by atoms with Crippen molar-refractivity contribution >= 4 is 17.5 Å². The topological polar surface area (TPSA) is 75.9 Å². The molecule has 0 radical (unpaired) electrons. The molecule has 3 rings (SSSR count). The first-order chi connectivity index (χ1) is 13.5. The fraction of sp³-hybridized carbons (Fsp3) is 0.364. The summed E-state index contributed by atoms with van der Waals surface area (Å²) in [5, 5.41) is 0. The normalized spacial score (nSPS) is 15.1. The maximum absolute atomic E-state index is 13.0. The Hall–Kier alpha value is -2.86. The van der Waals surface area contributed by atoms with Crippen molar-refractivity contribution in [1.82, 2.24) is 4.90 Å². The van der Waals surface area contributed by atoms with Crippen LogP contribution in [0.25, 0.3) is 0 Å². The van der Waals surface area contributed by atoms with Crippen LogP contribution in [0, 0.1) is 0 Å². The van der Waals surface area contributed by atoms with Gasteiger partial charge in [0.2, 0.25) is 11.8 Å². The Labute approximate surface area is 165 Å². The van der Waals surface area contributed by atoms with Crippen molar-refractivity contribution in [3.63, 3.8) is 0 Å². The van der Waals surface area contributed by atoms with E-state index in [-0.39, 0.29) is 24.9 Å². The van der Waals surface area contributed by atoms with Crippen LogP contribution in [0.3, 0.4) is 0 Å². The van der Waals surface area contributed by atoms with E-state index in [1.165, 1.54) is 0 Å². The molecule has 2 aromatic rings. The standard InChI is InChI=1S/C22H27N3O3/c1-17(19-7-3-2-4-8-19)25(16-21(23)26)22(27)15-18-6-5-9-20(14-18)24-10-12-28-13-11-24/h2-9,14,17H,10-13,15-16H2,1H3,(H2,23,26)/t17-/m1/s1. The van der Waals surface area contributed by atoms with Crippen molar-refractivity contribution in [3.05, 3.63) is 65.7 Å². The average molecular weight is 381 g/mol. The Morgan fingerprint density at radius 1 is 1.11 bits per heavy atom. The monoisotopic (exact) mass is 381 g/mol. The molecular weight excluding hydrogens is 354 g/mol. The molecule has 6 heteroatoms. The molecule has 1 heterocycles. The zero-order valence-electron chi connectivity index (χ0n) is 16.2. The van der Waals surface area contributed by atoms with Gasteiger partial charge in [-0.3, -0.25) is 9.59 Å². The Balaban J connectivity index is 1.75. The van der Waals surface area contributed by atoms with E-state index in [1.807, 2.05) is 61.5 Å².